The Bertz CT molecular complexity index is 1110. The van der Waals surface area contributed by atoms with Crippen LogP contribution in [0.15, 0.2) is 65.6 Å². The highest BCUT2D eigenvalue weighted by Crippen LogP contribution is 2.38. The molecule has 2 aromatic rings. The molecule has 35 heavy (non-hydrogen) atoms. The molecule has 2 unspecified atom stereocenters. The Morgan fingerprint density at radius 2 is 1.49 bits per heavy atom. The van der Waals surface area contributed by atoms with Gasteiger partial charge in [0.15, 0.2) is 0 Å². The summed E-state index contributed by atoms with van der Waals surface area (Å²) >= 11 is 5.57. The van der Waals surface area contributed by atoms with Gasteiger partial charge in [-0.2, -0.15) is 4.31 Å². The molecular weight excluding hydrogens is 490 g/mol. The van der Waals surface area contributed by atoms with E-state index in [0.717, 1.165) is 5.56 Å². The summed E-state index contributed by atoms with van der Waals surface area (Å²) < 4.78 is 33.9. The minimum absolute atomic E-state index is 0.0708. The van der Waals surface area contributed by atoms with Gasteiger partial charge in [0.1, 0.15) is 6.61 Å². The Balaban J connectivity index is 1.49. The van der Waals surface area contributed by atoms with E-state index in [2.05, 4.69) is 0 Å². The maximum Gasteiger partial charge on any atom is 0.409 e. The third-order valence-corrected chi connectivity index (χ3v) is 8.62. The van der Waals surface area contributed by atoms with E-state index in [9.17, 15) is 18.0 Å². The molecule has 2 aromatic carbocycles. The van der Waals surface area contributed by atoms with E-state index in [1.807, 2.05) is 30.3 Å². The van der Waals surface area contributed by atoms with E-state index in [1.54, 1.807) is 40.1 Å². The summed E-state index contributed by atoms with van der Waals surface area (Å²) in [4.78, 5) is 29.0. The standard InChI is InChI=1S/C25H30ClN3O5S/c26-13-18-34-25(31)28-16-14-27(15-17-28)24(30)21-11-12-23(20-7-3-1-4-8-20)29(19-21)35(32,33)22-9-5-2-6-10-22/h1-10,21,23H,11-19H2. The van der Waals surface area contributed by atoms with E-state index < -0.39 is 22.0 Å². The first-order valence-corrected chi connectivity index (χ1v) is 13.8. The summed E-state index contributed by atoms with van der Waals surface area (Å²) in [6.07, 6.45) is 0.718. The molecule has 0 aliphatic carbocycles. The van der Waals surface area contributed by atoms with Crippen molar-refractivity contribution in [1.82, 2.24) is 14.1 Å². The molecule has 188 valence electrons. The first kappa shape index (κ1) is 25.5. The lowest BCUT2D eigenvalue weighted by Crippen LogP contribution is -2.54. The van der Waals surface area contributed by atoms with Crippen LogP contribution < -0.4 is 0 Å². The van der Waals surface area contributed by atoms with Crippen molar-refractivity contribution in [3.05, 3.63) is 66.2 Å². The molecule has 0 radical (unpaired) electrons. The minimum atomic E-state index is -3.80. The number of amides is 2. The topological polar surface area (TPSA) is 87.2 Å². The van der Waals surface area contributed by atoms with E-state index in [4.69, 9.17) is 16.3 Å². The number of carbonyl (C=O) groups is 2. The molecule has 2 aliphatic rings. The lowest BCUT2D eigenvalue weighted by Gasteiger charge is -2.41. The molecule has 0 aromatic heterocycles. The molecular formula is C25H30ClN3O5S. The molecule has 4 rings (SSSR count). The van der Waals surface area contributed by atoms with Crippen LogP contribution in [0.3, 0.4) is 0 Å². The van der Waals surface area contributed by atoms with Gasteiger partial charge in [-0.3, -0.25) is 4.79 Å². The van der Waals surface area contributed by atoms with Crippen LogP contribution in [0.4, 0.5) is 4.79 Å². The molecule has 10 heteroatoms. The van der Waals surface area contributed by atoms with Gasteiger partial charge in [-0.1, -0.05) is 48.5 Å². The van der Waals surface area contributed by atoms with Gasteiger partial charge >= 0.3 is 6.09 Å². The van der Waals surface area contributed by atoms with Crippen LogP contribution in [0.2, 0.25) is 0 Å². The number of benzene rings is 2. The minimum Gasteiger partial charge on any atom is -0.448 e. The highest BCUT2D eigenvalue weighted by molar-refractivity contribution is 7.89. The molecule has 2 saturated heterocycles. The number of alkyl halides is 1. The lowest BCUT2D eigenvalue weighted by molar-refractivity contribution is -0.138. The van der Waals surface area contributed by atoms with Crippen molar-refractivity contribution in [1.29, 1.82) is 0 Å². The molecule has 0 N–H and O–H groups in total. The van der Waals surface area contributed by atoms with Crippen molar-refractivity contribution in [2.75, 3.05) is 45.2 Å². The second kappa shape index (κ2) is 11.4. The van der Waals surface area contributed by atoms with Gasteiger partial charge in [0.2, 0.25) is 15.9 Å². The number of rotatable bonds is 6. The van der Waals surface area contributed by atoms with Crippen molar-refractivity contribution in [2.45, 2.75) is 23.8 Å². The molecule has 0 spiro atoms. The molecule has 0 saturated carbocycles. The lowest BCUT2D eigenvalue weighted by atomic mass is 9.90. The summed E-state index contributed by atoms with van der Waals surface area (Å²) in [6.45, 7) is 1.79. The Hall–Kier alpha value is -2.62. The normalized spacial score (nSPS) is 21.5. The maximum atomic E-state index is 13.7. The molecule has 2 aliphatic heterocycles. The van der Waals surface area contributed by atoms with Gasteiger partial charge in [-0.15, -0.1) is 11.6 Å². The van der Waals surface area contributed by atoms with Crippen LogP contribution in [0.1, 0.15) is 24.4 Å². The number of hydrogen-bond donors (Lipinski definition) is 0. The Labute approximate surface area is 211 Å². The zero-order chi connectivity index (χ0) is 24.8. The van der Waals surface area contributed by atoms with Crippen LogP contribution in [0, 0.1) is 5.92 Å². The van der Waals surface area contributed by atoms with Gasteiger partial charge in [0, 0.05) is 32.7 Å². The highest BCUT2D eigenvalue weighted by atomic mass is 35.5. The number of piperidine rings is 1. The molecule has 8 nitrogen and oxygen atoms in total. The third kappa shape index (κ3) is 5.79. The molecule has 2 heterocycles. The van der Waals surface area contributed by atoms with E-state index in [0.29, 0.717) is 39.0 Å². The van der Waals surface area contributed by atoms with Crippen LogP contribution in [-0.2, 0) is 19.6 Å². The monoisotopic (exact) mass is 519 g/mol. The summed E-state index contributed by atoms with van der Waals surface area (Å²) in [6, 6.07) is 17.6. The van der Waals surface area contributed by atoms with Gasteiger partial charge in [0.25, 0.3) is 0 Å². The molecule has 2 fully saturated rings. The summed E-state index contributed by atoms with van der Waals surface area (Å²) in [5.41, 5.74) is 0.918. The fourth-order valence-electron chi connectivity index (χ4n) is 4.73. The smallest absolute Gasteiger partial charge is 0.409 e. The van der Waals surface area contributed by atoms with Gasteiger partial charge < -0.3 is 14.5 Å². The number of carbonyl (C=O) groups excluding carboxylic acids is 2. The van der Waals surface area contributed by atoms with Crippen molar-refractivity contribution in [2.24, 2.45) is 5.92 Å². The fraction of sp³-hybridized carbons (Fsp3) is 0.440. The Morgan fingerprint density at radius 3 is 2.11 bits per heavy atom. The highest BCUT2D eigenvalue weighted by Gasteiger charge is 2.41. The van der Waals surface area contributed by atoms with E-state index >= 15 is 0 Å². The number of sulfonamides is 1. The second-order valence-electron chi connectivity index (χ2n) is 8.70. The van der Waals surface area contributed by atoms with Crippen LogP contribution in [0.5, 0.6) is 0 Å². The van der Waals surface area contributed by atoms with Crippen molar-refractivity contribution in [3.8, 4) is 0 Å². The fourth-order valence-corrected chi connectivity index (χ4v) is 6.51. The summed E-state index contributed by atoms with van der Waals surface area (Å²) in [5.74, 6) is -0.278. The number of halogens is 1. The first-order valence-electron chi connectivity index (χ1n) is 11.8. The van der Waals surface area contributed by atoms with Crippen molar-refractivity contribution >= 4 is 33.6 Å². The summed E-state index contributed by atoms with van der Waals surface area (Å²) in [7, 11) is -3.80. The van der Waals surface area contributed by atoms with Crippen LogP contribution in [0.25, 0.3) is 0 Å². The van der Waals surface area contributed by atoms with Crippen LogP contribution in [-0.4, -0.2) is 79.7 Å². The number of piperazine rings is 1. The van der Waals surface area contributed by atoms with Crippen molar-refractivity contribution in [3.63, 3.8) is 0 Å². The average molecular weight is 520 g/mol. The molecule has 2 atom stereocenters. The van der Waals surface area contributed by atoms with Gasteiger partial charge in [-0.25, -0.2) is 13.2 Å². The summed E-state index contributed by atoms with van der Waals surface area (Å²) in [5, 5.41) is 0. The molecule has 2 amide bonds. The molecule has 0 bridgehead atoms. The second-order valence-corrected chi connectivity index (χ2v) is 11.0. The predicted octanol–water partition coefficient (Wildman–Crippen LogP) is 3.35. The zero-order valence-corrected chi connectivity index (χ0v) is 21.0. The van der Waals surface area contributed by atoms with Gasteiger partial charge in [0.05, 0.1) is 22.7 Å². The maximum absolute atomic E-state index is 13.7. The average Bonchev–Trinajstić information content (AvgIpc) is 2.92. The van der Waals surface area contributed by atoms with Crippen LogP contribution >= 0.6 is 11.6 Å². The number of hydrogen-bond acceptors (Lipinski definition) is 5. The van der Waals surface area contributed by atoms with E-state index in [-0.39, 0.29) is 35.9 Å². The third-order valence-electron chi connectivity index (χ3n) is 6.57. The zero-order valence-electron chi connectivity index (χ0n) is 19.5. The van der Waals surface area contributed by atoms with E-state index in [1.165, 1.54) is 4.31 Å². The number of ether oxygens (including phenoxy) is 1. The van der Waals surface area contributed by atoms with Gasteiger partial charge in [-0.05, 0) is 30.5 Å². The quantitative estimate of drug-likeness (QED) is 0.546. The van der Waals surface area contributed by atoms with Crippen molar-refractivity contribution < 1.29 is 22.7 Å². The Morgan fingerprint density at radius 1 is 0.886 bits per heavy atom. The number of nitrogens with zero attached hydrogens (tertiary/aromatic N) is 3. The SMILES string of the molecule is O=C(OCCCl)N1CCN(C(=O)C2CCC(c3ccccc3)N(S(=O)(=O)c3ccccc3)C2)CC1. The Kier molecular flexibility index (Phi) is 8.30. The largest absolute Gasteiger partial charge is 0.448 e. The first-order chi connectivity index (χ1) is 16.9. The predicted molar refractivity (Wildman–Crippen MR) is 132 cm³/mol.